The molecule has 1 N–H and O–H groups in total. The van der Waals surface area contributed by atoms with Gasteiger partial charge in [0.15, 0.2) is 0 Å². The van der Waals surface area contributed by atoms with Gasteiger partial charge in [0.2, 0.25) is 5.95 Å². The third-order valence-electron chi connectivity index (χ3n) is 6.06. The number of anilines is 1. The van der Waals surface area contributed by atoms with Crippen LogP contribution in [0.5, 0.6) is 0 Å². The van der Waals surface area contributed by atoms with Gasteiger partial charge in [-0.25, -0.2) is 19.3 Å². The van der Waals surface area contributed by atoms with Crippen molar-refractivity contribution < 1.29 is 4.39 Å². The minimum absolute atomic E-state index is 0.250. The standard InChI is InChI=1S/C24H23FN6/c25-17-5-3-16(4-6-17)22-23(20-11-12-26-24(28-20)27-18-7-8-18)31-19(9-10-21(31)29-22)15-30-13-1-2-14-30/h1-6,11-14,18-19H,7-10,15H2,(H,26,27,28). The minimum Gasteiger partial charge on any atom is -0.352 e. The zero-order valence-corrected chi connectivity index (χ0v) is 17.1. The second-order valence-corrected chi connectivity index (χ2v) is 8.36. The van der Waals surface area contributed by atoms with Gasteiger partial charge in [0.25, 0.3) is 0 Å². The van der Waals surface area contributed by atoms with E-state index in [2.05, 4.69) is 44.0 Å². The van der Waals surface area contributed by atoms with Crippen molar-refractivity contribution in [2.45, 2.75) is 44.3 Å². The summed E-state index contributed by atoms with van der Waals surface area (Å²) < 4.78 is 18.1. The lowest BCUT2D eigenvalue weighted by atomic mass is 10.1. The fourth-order valence-electron chi connectivity index (χ4n) is 4.41. The summed E-state index contributed by atoms with van der Waals surface area (Å²) in [5.41, 5.74) is 3.57. The van der Waals surface area contributed by atoms with Crippen LogP contribution in [0.3, 0.4) is 0 Å². The van der Waals surface area contributed by atoms with Crippen molar-refractivity contribution in [1.29, 1.82) is 0 Å². The molecule has 1 atom stereocenters. The maximum absolute atomic E-state index is 13.6. The van der Waals surface area contributed by atoms with Crippen molar-refractivity contribution in [3.63, 3.8) is 0 Å². The molecule has 7 heteroatoms. The van der Waals surface area contributed by atoms with E-state index < -0.39 is 0 Å². The SMILES string of the molecule is Fc1ccc(-c2nc3n(c2-c2ccnc(NC4CC4)n2)C(Cn2cccc2)CC3)cc1. The molecule has 4 aromatic rings. The number of rotatable bonds is 6. The molecule has 2 aliphatic rings. The molecule has 31 heavy (non-hydrogen) atoms. The van der Waals surface area contributed by atoms with Gasteiger partial charge in [0, 0.05) is 43.2 Å². The summed E-state index contributed by atoms with van der Waals surface area (Å²) in [6, 6.07) is 13.4. The first-order valence-electron chi connectivity index (χ1n) is 10.8. The zero-order chi connectivity index (χ0) is 20.8. The number of hydrogen-bond donors (Lipinski definition) is 1. The maximum Gasteiger partial charge on any atom is 0.223 e. The lowest BCUT2D eigenvalue weighted by molar-refractivity contribution is 0.452. The van der Waals surface area contributed by atoms with E-state index in [0.29, 0.717) is 12.0 Å². The Morgan fingerprint density at radius 1 is 1.00 bits per heavy atom. The van der Waals surface area contributed by atoms with Crippen LogP contribution in [0.4, 0.5) is 10.3 Å². The topological polar surface area (TPSA) is 60.6 Å². The summed E-state index contributed by atoms with van der Waals surface area (Å²) in [6.45, 7) is 0.879. The number of benzene rings is 1. The molecule has 6 rings (SSSR count). The Morgan fingerprint density at radius 2 is 1.81 bits per heavy atom. The highest BCUT2D eigenvalue weighted by molar-refractivity contribution is 5.78. The maximum atomic E-state index is 13.6. The molecule has 0 spiro atoms. The Kier molecular flexibility index (Phi) is 4.33. The summed E-state index contributed by atoms with van der Waals surface area (Å²) in [4.78, 5) is 14.3. The van der Waals surface area contributed by atoms with Crippen LogP contribution in [0.1, 0.15) is 31.1 Å². The second kappa shape index (κ2) is 7.34. The molecule has 4 heterocycles. The average molecular weight is 414 g/mol. The molecule has 1 fully saturated rings. The number of fused-ring (bicyclic) bond motifs is 1. The summed E-state index contributed by atoms with van der Waals surface area (Å²) in [5.74, 6) is 1.46. The molecule has 3 aromatic heterocycles. The molecule has 156 valence electrons. The lowest BCUT2D eigenvalue weighted by Gasteiger charge is -2.18. The van der Waals surface area contributed by atoms with Gasteiger partial charge in [-0.1, -0.05) is 0 Å². The van der Waals surface area contributed by atoms with E-state index in [0.717, 1.165) is 60.7 Å². The average Bonchev–Trinajstić information content (AvgIpc) is 3.15. The van der Waals surface area contributed by atoms with Crippen LogP contribution in [-0.2, 0) is 13.0 Å². The van der Waals surface area contributed by atoms with E-state index in [1.54, 1.807) is 18.3 Å². The quantitative estimate of drug-likeness (QED) is 0.496. The fraction of sp³-hybridized carbons (Fsp3) is 0.292. The molecule has 0 amide bonds. The van der Waals surface area contributed by atoms with Gasteiger partial charge in [0.1, 0.15) is 11.6 Å². The van der Waals surface area contributed by atoms with Crippen LogP contribution in [-0.4, -0.2) is 30.1 Å². The van der Waals surface area contributed by atoms with Crippen LogP contribution < -0.4 is 5.32 Å². The van der Waals surface area contributed by atoms with E-state index in [1.807, 2.05) is 6.07 Å². The van der Waals surface area contributed by atoms with Gasteiger partial charge in [-0.15, -0.1) is 0 Å². The molecule has 1 saturated carbocycles. The summed E-state index contributed by atoms with van der Waals surface area (Å²) in [6.07, 6.45) is 10.3. The molecule has 6 nitrogen and oxygen atoms in total. The Morgan fingerprint density at radius 3 is 2.58 bits per heavy atom. The number of imidazole rings is 1. The third kappa shape index (κ3) is 3.50. The number of aromatic nitrogens is 5. The number of halogens is 1. The predicted octanol–water partition coefficient (Wildman–Crippen LogP) is 4.71. The molecule has 1 aromatic carbocycles. The van der Waals surface area contributed by atoms with Gasteiger partial charge in [-0.05, 0) is 61.7 Å². The van der Waals surface area contributed by atoms with Gasteiger partial charge < -0.3 is 14.5 Å². The van der Waals surface area contributed by atoms with Crippen LogP contribution in [0.15, 0.2) is 61.1 Å². The second-order valence-electron chi connectivity index (χ2n) is 8.36. The molecule has 0 radical (unpaired) electrons. The molecular formula is C24H23FN6. The van der Waals surface area contributed by atoms with Gasteiger partial charge in [0.05, 0.1) is 23.1 Å². The lowest BCUT2D eigenvalue weighted by Crippen LogP contribution is -2.13. The highest BCUT2D eigenvalue weighted by atomic mass is 19.1. The largest absolute Gasteiger partial charge is 0.352 e. The van der Waals surface area contributed by atoms with Gasteiger partial charge in [-0.3, -0.25) is 0 Å². The Balaban J connectivity index is 1.48. The van der Waals surface area contributed by atoms with Crippen molar-refractivity contribution in [2.24, 2.45) is 0 Å². The highest BCUT2D eigenvalue weighted by Gasteiger charge is 2.31. The van der Waals surface area contributed by atoms with Gasteiger partial charge >= 0.3 is 0 Å². The zero-order valence-electron chi connectivity index (χ0n) is 17.1. The first-order chi connectivity index (χ1) is 15.2. The molecule has 0 saturated heterocycles. The summed E-state index contributed by atoms with van der Waals surface area (Å²) in [5, 5.41) is 3.39. The van der Waals surface area contributed by atoms with Gasteiger partial charge in [-0.2, -0.15) is 0 Å². The Bertz CT molecular complexity index is 1210. The van der Waals surface area contributed by atoms with Crippen molar-refractivity contribution >= 4 is 5.95 Å². The molecule has 1 unspecified atom stereocenters. The monoisotopic (exact) mass is 414 g/mol. The normalized spacial score (nSPS) is 17.6. The van der Waals surface area contributed by atoms with Crippen molar-refractivity contribution in [3.05, 3.63) is 72.7 Å². The highest BCUT2D eigenvalue weighted by Crippen LogP contribution is 2.40. The van der Waals surface area contributed by atoms with Crippen molar-refractivity contribution in [2.75, 3.05) is 5.32 Å². The number of hydrogen-bond acceptors (Lipinski definition) is 4. The fourth-order valence-corrected chi connectivity index (χ4v) is 4.41. The van der Waals surface area contributed by atoms with Crippen LogP contribution in [0.25, 0.3) is 22.6 Å². The summed E-state index contributed by atoms with van der Waals surface area (Å²) in [7, 11) is 0. The minimum atomic E-state index is -0.250. The van der Waals surface area contributed by atoms with Crippen LogP contribution in [0.2, 0.25) is 0 Å². The van der Waals surface area contributed by atoms with Crippen molar-refractivity contribution in [3.8, 4) is 22.6 Å². The Hall–Kier alpha value is -3.48. The number of nitrogens with one attached hydrogen (secondary N) is 1. The van der Waals surface area contributed by atoms with E-state index >= 15 is 0 Å². The van der Waals surface area contributed by atoms with Crippen LogP contribution >= 0.6 is 0 Å². The molecule has 1 aliphatic heterocycles. The number of aryl methyl sites for hydroxylation is 1. The Labute approximate surface area is 179 Å². The van der Waals surface area contributed by atoms with Crippen molar-refractivity contribution in [1.82, 2.24) is 24.1 Å². The summed E-state index contributed by atoms with van der Waals surface area (Å²) >= 11 is 0. The molecular weight excluding hydrogens is 391 g/mol. The van der Waals surface area contributed by atoms with E-state index in [4.69, 9.17) is 9.97 Å². The smallest absolute Gasteiger partial charge is 0.223 e. The van der Waals surface area contributed by atoms with E-state index in [-0.39, 0.29) is 11.9 Å². The first-order valence-corrected chi connectivity index (χ1v) is 10.8. The van der Waals surface area contributed by atoms with E-state index in [1.165, 1.54) is 12.1 Å². The number of nitrogens with zero attached hydrogens (tertiary/aromatic N) is 5. The predicted molar refractivity (Wildman–Crippen MR) is 117 cm³/mol. The first kappa shape index (κ1) is 18.3. The molecule has 0 bridgehead atoms. The van der Waals surface area contributed by atoms with E-state index in [9.17, 15) is 4.39 Å². The van der Waals surface area contributed by atoms with Crippen LogP contribution in [0, 0.1) is 5.82 Å². The third-order valence-corrected chi connectivity index (χ3v) is 6.06. The molecule has 1 aliphatic carbocycles.